The van der Waals surface area contributed by atoms with Crippen molar-refractivity contribution in [2.45, 2.75) is 25.9 Å². The van der Waals surface area contributed by atoms with Gasteiger partial charge in [-0.3, -0.25) is 9.59 Å². The number of rotatable bonds is 2. The van der Waals surface area contributed by atoms with Gasteiger partial charge in [0.25, 0.3) is 0 Å². The maximum absolute atomic E-state index is 11.8. The van der Waals surface area contributed by atoms with E-state index < -0.39 is 5.54 Å². The molecule has 1 aromatic heterocycles. The van der Waals surface area contributed by atoms with Crippen molar-refractivity contribution in [3.8, 4) is 0 Å². The van der Waals surface area contributed by atoms with Crippen LogP contribution in [0, 0.1) is 0 Å². The smallest absolute Gasteiger partial charge is 0.245 e. The third-order valence-corrected chi connectivity index (χ3v) is 2.85. The SMILES string of the molecule is CC1(C)C(=O)NCC(=O)N1Cc1ncccn1. The minimum atomic E-state index is -0.867. The van der Waals surface area contributed by atoms with E-state index in [0.717, 1.165) is 0 Å². The van der Waals surface area contributed by atoms with Gasteiger partial charge in [-0.1, -0.05) is 0 Å². The zero-order valence-corrected chi connectivity index (χ0v) is 9.80. The molecule has 2 rings (SSSR count). The number of hydrogen-bond acceptors (Lipinski definition) is 4. The Bertz CT molecular complexity index is 444. The molecule has 0 aromatic carbocycles. The molecule has 6 nitrogen and oxygen atoms in total. The molecule has 0 unspecified atom stereocenters. The molecule has 0 spiro atoms. The van der Waals surface area contributed by atoms with Crippen LogP contribution in [0.5, 0.6) is 0 Å². The first-order chi connectivity index (χ1) is 8.01. The van der Waals surface area contributed by atoms with Crippen molar-refractivity contribution in [2.75, 3.05) is 6.54 Å². The Morgan fingerprint density at radius 1 is 1.35 bits per heavy atom. The quantitative estimate of drug-likeness (QED) is 0.763. The predicted molar refractivity (Wildman–Crippen MR) is 59.7 cm³/mol. The molecule has 0 atom stereocenters. The van der Waals surface area contributed by atoms with Crippen molar-refractivity contribution in [3.63, 3.8) is 0 Å². The van der Waals surface area contributed by atoms with Gasteiger partial charge >= 0.3 is 0 Å². The molecule has 0 radical (unpaired) electrons. The zero-order valence-electron chi connectivity index (χ0n) is 9.80. The molecule has 0 saturated carbocycles. The third kappa shape index (κ3) is 2.11. The highest BCUT2D eigenvalue weighted by atomic mass is 16.2. The lowest BCUT2D eigenvalue weighted by molar-refractivity contribution is -0.152. The van der Waals surface area contributed by atoms with Crippen LogP contribution in [0.3, 0.4) is 0 Å². The van der Waals surface area contributed by atoms with Gasteiger partial charge < -0.3 is 10.2 Å². The van der Waals surface area contributed by atoms with Crippen LogP contribution < -0.4 is 5.32 Å². The monoisotopic (exact) mass is 234 g/mol. The average Bonchev–Trinajstić information content (AvgIpc) is 2.32. The second kappa shape index (κ2) is 4.12. The fourth-order valence-corrected chi connectivity index (χ4v) is 1.74. The van der Waals surface area contributed by atoms with Crippen molar-refractivity contribution in [1.29, 1.82) is 0 Å². The molecule has 2 amide bonds. The van der Waals surface area contributed by atoms with E-state index in [1.807, 2.05) is 0 Å². The number of carbonyl (C=O) groups is 2. The number of nitrogens with zero attached hydrogens (tertiary/aromatic N) is 3. The summed E-state index contributed by atoms with van der Waals surface area (Å²) >= 11 is 0. The largest absolute Gasteiger partial charge is 0.345 e. The molecule has 1 aromatic rings. The topological polar surface area (TPSA) is 75.2 Å². The maximum atomic E-state index is 11.8. The van der Waals surface area contributed by atoms with E-state index >= 15 is 0 Å². The standard InChI is InChI=1S/C11H14N4O2/c1-11(2)10(17)14-6-9(16)15(11)7-8-12-4-3-5-13-8/h3-5H,6-7H2,1-2H3,(H,14,17). The normalized spacial score (nSPS) is 19.1. The first-order valence-corrected chi connectivity index (χ1v) is 5.36. The molecule has 0 aliphatic carbocycles. The van der Waals surface area contributed by atoms with Gasteiger partial charge in [0, 0.05) is 12.4 Å². The highest BCUT2D eigenvalue weighted by Crippen LogP contribution is 2.20. The minimum absolute atomic E-state index is 0.0368. The van der Waals surface area contributed by atoms with Gasteiger partial charge in [-0.2, -0.15) is 0 Å². The summed E-state index contributed by atoms with van der Waals surface area (Å²) in [6, 6.07) is 1.71. The maximum Gasteiger partial charge on any atom is 0.245 e. The predicted octanol–water partition coefficient (Wildman–Crippen LogP) is -0.286. The summed E-state index contributed by atoms with van der Waals surface area (Å²) in [4.78, 5) is 33.2. The Kier molecular flexibility index (Phi) is 2.79. The van der Waals surface area contributed by atoms with E-state index in [9.17, 15) is 9.59 Å². The molecule has 1 fully saturated rings. The lowest BCUT2D eigenvalue weighted by Gasteiger charge is -2.40. The highest BCUT2D eigenvalue weighted by molar-refractivity contribution is 5.97. The second-order valence-electron chi connectivity index (χ2n) is 4.39. The van der Waals surface area contributed by atoms with Crippen LogP contribution in [0.1, 0.15) is 19.7 Å². The Hall–Kier alpha value is -1.98. The summed E-state index contributed by atoms with van der Waals surface area (Å²) in [6.45, 7) is 3.71. The number of hydrogen-bond donors (Lipinski definition) is 1. The van der Waals surface area contributed by atoms with E-state index in [4.69, 9.17) is 0 Å². The Balaban J connectivity index is 2.23. The Labute approximate surface area is 99.1 Å². The van der Waals surface area contributed by atoms with Crippen molar-refractivity contribution < 1.29 is 9.59 Å². The first kappa shape index (κ1) is 11.5. The molecule has 0 bridgehead atoms. The Morgan fingerprint density at radius 3 is 2.65 bits per heavy atom. The Morgan fingerprint density at radius 2 is 2.00 bits per heavy atom. The highest BCUT2D eigenvalue weighted by Gasteiger charge is 2.41. The van der Waals surface area contributed by atoms with E-state index in [0.29, 0.717) is 5.82 Å². The summed E-state index contributed by atoms with van der Waals surface area (Å²) in [7, 11) is 0. The summed E-state index contributed by atoms with van der Waals surface area (Å²) in [5.41, 5.74) is -0.867. The fraction of sp³-hybridized carbons (Fsp3) is 0.455. The van der Waals surface area contributed by atoms with Crippen LogP contribution in [0.25, 0.3) is 0 Å². The van der Waals surface area contributed by atoms with Gasteiger partial charge in [0.15, 0.2) is 0 Å². The summed E-state index contributed by atoms with van der Waals surface area (Å²) in [6.07, 6.45) is 3.23. The minimum Gasteiger partial charge on any atom is -0.345 e. The fourth-order valence-electron chi connectivity index (χ4n) is 1.74. The second-order valence-corrected chi connectivity index (χ2v) is 4.39. The molecule has 90 valence electrons. The molecule has 1 saturated heterocycles. The number of carbonyl (C=O) groups excluding carboxylic acids is 2. The number of nitrogens with one attached hydrogen (secondary N) is 1. The van der Waals surface area contributed by atoms with Crippen molar-refractivity contribution in [3.05, 3.63) is 24.3 Å². The van der Waals surface area contributed by atoms with Gasteiger partial charge in [-0.25, -0.2) is 9.97 Å². The molecular formula is C11H14N4O2. The van der Waals surface area contributed by atoms with Crippen LogP contribution in [0.15, 0.2) is 18.5 Å². The summed E-state index contributed by atoms with van der Waals surface area (Å²) in [5, 5.41) is 2.57. The number of amides is 2. The van der Waals surface area contributed by atoms with Crippen LogP contribution in [0.2, 0.25) is 0 Å². The van der Waals surface area contributed by atoms with E-state index in [-0.39, 0.29) is 24.9 Å². The van der Waals surface area contributed by atoms with E-state index in [2.05, 4.69) is 15.3 Å². The van der Waals surface area contributed by atoms with Gasteiger partial charge in [-0.15, -0.1) is 0 Å². The van der Waals surface area contributed by atoms with Gasteiger partial charge in [0.2, 0.25) is 11.8 Å². The van der Waals surface area contributed by atoms with Crippen LogP contribution >= 0.6 is 0 Å². The number of piperazine rings is 1. The first-order valence-electron chi connectivity index (χ1n) is 5.36. The van der Waals surface area contributed by atoms with E-state index in [1.54, 1.807) is 32.3 Å². The van der Waals surface area contributed by atoms with E-state index in [1.165, 1.54) is 4.90 Å². The zero-order chi connectivity index (χ0) is 12.5. The summed E-state index contributed by atoms with van der Waals surface area (Å²) < 4.78 is 0. The van der Waals surface area contributed by atoms with Gasteiger partial charge in [-0.05, 0) is 19.9 Å². The number of aromatic nitrogens is 2. The molecular weight excluding hydrogens is 220 g/mol. The van der Waals surface area contributed by atoms with Crippen molar-refractivity contribution in [2.24, 2.45) is 0 Å². The van der Waals surface area contributed by atoms with Crippen LogP contribution in [-0.4, -0.2) is 38.8 Å². The lowest BCUT2D eigenvalue weighted by atomic mass is 9.98. The molecule has 17 heavy (non-hydrogen) atoms. The molecule has 1 aliphatic heterocycles. The summed E-state index contributed by atoms with van der Waals surface area (Å²) in [5.74, 6) is 0.249. The lowest BCUT2D eigenvalue weighted by Crippen LogP contribution is -2.63. The van der Waals surface area contributed by atoms with Gasteiger partial charge in [0.05, 0.1) is 13.1 Å². The van der Waals surface area contributed by atoms with Crippen molar-refractivity contribution in [1.82, 2.24) is 20.2 Å². The molecule has 1 N–H and O–H groups in total. The third-order valence-electron chi connectivity index (χ3n) is 2.85. The average molecular weight is 234 g/mol. The molecule has 2 heterocycles. The molecule has 1 aliphatic rings. The van der Waals surface area contributed by atoms with Gasteiger partial charge in [0.1, 0.15) is 11.4 Å². The van der Waals surface area contributed by atoms with Crippen molar-refractivity contribution >= 4 is 11.8 Å². The molecule has 6 heteroatoms. The van der Waals surface area contributed by atoms with Crippen LogP contribution in [0.4, 0.5) is 0 Å². The van der Waals surface area contributed by atoms with Crippen LogP contribution in [-0.2, 0) is 16.1 Å².